The highest BCUT2D eigenvalue weighted by Crippen LogP contribution is 2.40. The Morgan fingerprint density at radius 1 is 0.939 bits per heavy atom. The monoisotopic (exact) mass is 450 g/mol. The van der Waals surface area contributed by atoms with E-state index >= 15 is 0 Å². The molecule has 1 atom stereocenters. The predicted molar refractivity (Wildman–Crippen MR) is 120 cm³/mol. The van der Waals surface area contributed by atoms with Crippen molar-refractivity contribution in [2.75, 3.05) is 10.6 Å². The minimum atomic E-state index is -4.39. The molecule has 2 aromatic carbocycles. The number of halogens is 3. The third-order valence-corrected chi connectivity index (χ3v) is 5.88. The zero-order valence-electron chi connectivity index (χ0n) is 18.0. The van der Waals surface area contributed by atoms with Crippen LogP contribution in [0.15, 0.2) is 60.8 Å². The average molecular weight is 450 g/mol. The maximum absolute atomic E-state index is 13.1. The summed E-state index contributed by atoms with van der Waals surface area (Å²) in [7, 11) is 0. The molecule has 0 spiro atoms. The number of hydrogen-bond donors (Lipinski definition) is 1. The van der Waals surface area contributed by atoms with Gasteiger partial charge in [-0.25, -0.2) is 4.98 Å². The number of fused-ring (bicyclic) bond motifs is 3. The van der Waals surface area contributed by atoms with Gasteiger partial charge in [0.2, 0.25) is 0 Å². The SMILES string of the molecule is Cc1nnc2n1-c1ccc(-c3ccc(N)nc3)cc1N(c1ccc(C(F)(F)F)cc1)C(C)C2. The van der Waals surface area contributed by atoms with Crippen LogP contribution >= 0.6 is 0 Å². The molecule has 2 aromatic heterocycles. The summed E-state index contributed by atoms with van der Waals surface area (Å²) in [5.74, 6) is 1.98. The van der Waals surface area contributed by atoms with Crippen LogP contribution in [0.25, 0.3) is 16.8 Å². The van der Waals surface area contributed by atoms with Crippen LogP contribution in [-0.2, 0) is 12.6 Å². The van der Waals surface area contributed by atoms with Gasteiger partial charge in [-0.2, -0.15) is 13.2 Å². The molecule has 9 heteroatoms. The van der Waals surface area contributed by atoms with E-state index in [9.17, 15) is 13.2 Å². The number of alkyl halides is 3. The molecule has 168 valence electrons. The Labute approximate surface area is 188 Å². The van der Waals surface area contributed by atoms with Crippen molar-refractivity contribution in [3.05, 3.63) is 78.0 Å². The van der Waals surface area contributed by atoms with Gasteiger partial charge in [-0.05, 0) is 67.9 Å². The molecule has 6 nitrogen and oxygen atoms in total. The van der Waals surface area contributed by atoms with Crippen molar-refractivity contribution in [3.63, 3.8) is 0 Å². The Balaban J connectivity index is 1.70. The molecule has 0 bridgehead atoms. The van der Waals surface area contributed by atoms with E-state index < -0.39 is 11.7 Å². The summed E-state index contributed by atoms with van der Waals surface area (Å²) >= 11 is 0. The fraction of sp³-hybridized carbons (Fsp3) is 0.208. The predicted octanol–water partition coefficient (Wildman–Crippen LogP) is 5.32. The smallest absolute Gasteiger partial charge is 0.384 e. The number of hydrogen-bond acceptors (Lipinski definition) is 5. The van der Waals surface area contributed by atoms with Crippen LogP contribution in [0.4, 0.5) is 30.4 Å². The van der Waals surface area contributed by atoms with Gasteiger partial charge in [0.05, 0.1) is 16.9 Å². The summed E-state index contributed by atoms with van der Waals surface area (Å²) in [6, 6.07) is 14.8. The Bertz CT molecular complexity index is 1310. The number of rotatable bonds is 2. The molecule has 0 radical (unpaired) electrons. The third kappa shape index (κ3) is 3.69. The number of pyridine rings is 1. The van der Waals surface area contributed by atoms with Gasteiger partial charge in [0.15, 0.2) is 0 Å². The van der Waals surface area contributed by atoms with E-state index in [2.05, 4.69) is 20.1 Å². The van der Waals surface area contributed by atoms with Crippen molar-refractivity contribution in [2.24, 2.45) is 0 Å². The first-order valence-electron chi connectivity index (χ1n) is 10.5. The van der Waals surface area contributed by atoms with Crippen LogP contribution in [0.1, 0.15) is 24.1 Å². The first kappa shape index (κ1) is 21.0. The third-order valence-electron chi connectivity index (χ3n) is 5.88. The van der Waals surface area contributed by atoms with Crippen LogP contribution in [-0.4, -0.2) is 25.8 Å². The molecule has 0 fully saturated rings. The molecule has 2 N–H and O–H groups in total. The Morgan fingerprint density at radius 2 is 1.67 bits per heavy atom. The molecule has 1 aliphatic heterocycles. The Morgan fingerprint density at radius 3 is 2.33 bits per heavy atom. The van der Waals surface area contributed by atoms with Crippen LogP contribution in [0.3, 0.4) is 0 Å². The lowest BCUT2D eigenvalue weighted by molar-refractivity contribution is -0.137. The average Bonchev–Trinajstić information content (AvgIpc) is 3.07. The Kier molecular flexibility index (Phi) is 4.84. The van der Waals surface area contributed by atoms with E-state index in [0.717, 1.165) is 46.3 Å². The summed E-state index contributed by atoms with van der Waals surface area (Å²) in [5, 5.41) is 8.59. The standard InChI is InChI=1S/C24H21F3N6/c1-14-11-23-31-30-15(2)33(23)20-9-3-16(17-4-10-22(28)29-13-17)12-21(20)32(14)19-7-5-18(6-8-19)24(25,26)27/h3-10,12-14H,11H2,1-2H3,(H2,28,29). The molecule has 0 aliphatic carbocycles. The summed E-state index contributed by atoms with van der Waals surface area (Å²) in [6.45, 7) is 3.91. The zero-order valence-corrected chi connectivity index (χ0v) is 18.0. The van der Waals surface area contributed by atoms with Crippen molar-refractivity contribution < 1.29 is 13.2 Å². The highest BCUT2D eigenvalue weighted by molar-refractivity contribution is 5.80. The van der Waals surface area contributed by atoms with Gasteiger partial charge >= 0.3 is 6.18 Å². The van der Waals surface area contributed by atoms with Gasteiger partial charge in [-0.1, -0.05) is 6.07 Å². The van der Waals surface area contributed by atoms with Crippen LogP contribution < -0.4 is 10.6 Å². The zero-order chi connectivity index (χ0) is 23.3. The molecule has 0 amide bonds. The summed E-state index contributed by atoms with van der Waals surface area (Å²) in [6.07, 6.45) is -2.11. The van der Waals surface area contributed by atoms with Crippen LogP contribution in [0.2, 0.25) is 0 Å². The summed E-state index contributed by atoms with van der Waals surface area (Å²) < 4.78 is 41.4. The van der Waals surface area contributed by atoms with Crippen molar-refractivity contribution in [1.29, 1.82) is 0 Å². The maximum atomic E-state index is 13.1. The van der Waals surface area contributed by atoms with Gasteiger partial charge < -0.3 is 10.6 Å². The second kappa shape index (κ2) is 7.61. The van der Waals surface area contributed by atoms with Gasteiger partial charge in [0.25, 0.3) is 0 Å². The van der Waals surface area contributed by atoms with Gasteiger partial charge in [-0.3, -0.25) is 4.57 Å². The molecule has 33 heavy (non-hydrogen) atoms. The van der Waals surface area contributed by atoms with E-state index in [0.29, 0.717) is 17.9 Å². The van der Waals surface area contributed by atoms with E-state index in [1.807, 2.05) is 42.7 Å². The maximum Gasteiger partial charge on any atom is 0.416 e. The van der Waals surface area contributed by atoms with Gasteiger partial charge in [0, 0.05) is 29.9 Å². The molecule has 0 saturated carbocycles. The van der Waals surface area contributed by atoms with Crippen LogP contribution in [0, 0.1) is 6.92 Å². The first-order valence-corrected chi connectivity index (χ1v) is 10.5. The van der Waals surface area contributed by atoms with E-state index in [1.165, 1.54) is 12.1 Å². The fourth-order valence-corrected chi connectivity index (χ4v) is 4.31. The lowest BCUT2D eigenvalue weighted by Gasteiger charge is -2.31. The normalized spacial score (nSPS) is 15.7. The van der Waals surface area contributed by atoms with Crippen LogP contribution in [0.5, 0.6) is 0 Å². The Hall–Kier alpha value is -3.88. The number of aromatic nitrogens is 4. The van der Waals surface area contributed by atoms with Crippen molar-refractivity contribution >= 4 is 17.2 Å². The molecule has 5 rings (SSSR count). The number of nitrogens with zero attached hydrogens (tertiary/aromatic N) is 5. The van der Waals surface area contributed by atoms with Crippen molar-refractivity contribution in [3.8, 4) is 16.8 Å². The first-order chi connectivity index (χ1) is 15.7. The van der Waals surface area contributed by atoms with Gasteiger partial charge in [-0.15, -0.1) is 10.2 Å². The molecule has 3 heterocycles. The molecule has 0 saturated heterocycles. The molecule has 1 aliphatic rings. The quantitative estimate of drug-likeness (QED) is 0.447. The molecule has 1 unspecified atom stereocenters. The number of aryl methyl sites for hydroxylation is 1. The van der Waals surface area contributed by atoms with E-state index in [1.54, 1.807) is 12.3 Å². The van der Waals surface area contributed by atoms with E-state index in [-0.39, 0.29) is 6.04 Å². The minimum Gasteiger partial charge on any atom is -0.384 e. The highest BCUT2D eigenvalue weighted by atomic mass is 19.4. The number of nitrogens with two attached hydrogens (primary N) is 1. The van der Waals surface area contributed by atoms with Crippen molar-refractivity contribution in [2.45, 2.75) is 32.5 Å². The lowest BCUT2D eigenvalue weighted by Crippen LogP contribution is -2.29. The molecule has 4 aromatic rings. The number of nitrogen functional groups attached to an aromatic ring is 1. The number of benzene rings is 2. The summed E-state index contributed by atoms with van der Waals surface area (Å²) in [5.41, 5.74) is 9.24. The topological polar surface area (TPSA) is 72.9 Å². The number of anilines is 3. The van der Waals surface area contributed by atoms with Gasteiger partial charge in [0.1, 0.15) is 17.5 Å². The second-order valence-electron chi connectivity index (χ2n) is 8.14. The van der Waals surface area contributed by atoms with Crippen molar-refractivity contribution in [1.82, 2.24) is 19.7 Å². The summed E-state index contributed by atoms with van der Waals surface area (Å²) in [4.78, 5) is 6.24. The molecular formula is C24H21F3N6. The minimum absolute atomic E-state index is 0.0786. The second-order valence-corrected chi connectivity index (χ2v) is 8.14. The lowest BCUT2D eigenvalue weighted by atomic mass is 10.0. The van der Waals surface area contributed by atoms with E-state index in [4.69, 9.17) is 5.73 Å². The molecular weight excluding hydrogens is 429 g/mol. The largest absolute Gasteiger partial charge is 0.416 e. The highest BCUT2D eigenvalue weighted by Gasteiger charge is 2.32. The fourth-order valence-electron chi connectivity index (χ4n) is 4.31.